The van der Waals surface area contributed by atoms with Gasteiger partial charge in [-0.1, -0.05) is 36.2 Å². The van der Waals surface area contributed by atoms with Crippen LogP contribution in [0.5, 0.6) is 0 Å². The zero-order valence-corrected chi connectivity index (χ0v) is 11.5. The molecule has 1 aromatic carbocycles. The summed E-state index contributed by atoms with van der Waals surface area (Å²) in [5.41, 5.74) is 1.08. The largest absolute Gasteiger partial charge is 0.123 e. The van der Waals surface area contributed by atoms with Crippen LogP contribution in [0.4, 0.5) is 0 Å². The average molecular weight is 278 g/mol. The molecule has 0 amide bonds. The molecule has 1 saturated carbocycles. The van der Waals surface area contributed by atoms with Gasteiger partial charge < -0.3 is 0 Å². The van der Waals surface area contributed by atoms with E-state index in [0.29, 0.717) is 17.2 Å². The second kappa shape index (κ2) is 5.16. The first-order chi connectivity index (χ1) is 7.59. The number of hydrogen-bond acceptors (Lipinski definition) is 0. The second-order valence-electron chi connectivity index (χ2n) is 4.62. The Hall–Kier alpha value is 0.0900. The predicted molar refractivity (Wildman–Crippen MR) is 71.7 cm³/mol. The van der Waals surface area contributed by atoms with E-state index < -0.39 is 0 Å². The lowest BCUT2D eigenvalue weighted by Gasteiger charge is -2.18. The normalized spacial score (nSPS) is 29.6. The fraction of sp³-hybridized carbons (Fsp3) is 0.538. The van der Waals surface area contributed by atoms with Gasteiger partial charge in [0.1, 0.15) is 0 Å². The molecule has 1 aliphatic carbocycles. The van der Waals surface area contributed by atoms with Crippen molar-refractivity contribution < 1.29 is 0 Å². The van der Waals surface area contributed by atoms with E-state index in [9.17, 15) is 0 Å². The van der Waals surface area contributed by atoms with Gasteiger partial charge in [-0.15, -0.1) is 11.6 Å². The third kappa shape index (κ3) is 2.50. The molecule has 2 rings (SSSR count). The molecule has 0 radical (unpaired) electrons. The highest BCUT2D eigenvalue weighted by Gasteiger charge is 2.31. The lowest BCUT2D eigenvalue weighted by Crippen LogP contribution is -2.13. The van der Waals surface area contributed by atoms with Gasteiger partial charge in [0.2, 0.25) is 0 Å². The standard InChI is InChI=1S/C13H15Cl3/c1-8-9(5-6-11(8)14)7-10-12(15)3-2-4-13(10)16/h2-4,8-9,11H,5-7H2,1H3. The van der Waals surface area contributed by atoms with Crippen LogP contribution in [0.1, 0.15) is 25.3 Å². The van der Waals surface area contributed by atoms with Crippen molar-refractivity contribution in [1.29, 1.82) is 0 Å². The van der Waals surface area contributed by atoms with Gasteiger partial charge in [-0.3, -0.25) is 0 Å². The highest BCUT2D eigenvalue weighted by Crippen LogP contribution is 2.39. The van der Waals surface area contributed by atoms with Crippen molar-refractivity contribution in [1.82, 2.24) is 0 Å². The molecule has 3 atom stereocenters. The summed E-state index contributed by atoms with van der Waals surface area (Å²) < 4.78 is 0. The maximum atomic E-state index is 6.24. The van der Waals surface area contributed by atoms with Crippen molar-refractivity contribution in [2.45, 2.75) is 31.6 Å². The number of benzene rings is 1. The number of halogens is 3. The second-order valence-corrected chi connectivity index (χ2v) is 5.99. The molecule has 0 saturated heterocycles. The molecular weight excluding hydrogens is 263 g/mol. The molecule has 88 valence electrons. The molecule has 1 aromatic rings. The summed E-state index contributed by atoms with van der Waals surface area (Å²) in [4.78, 5) is 0. The first-order valence-corrected chi connectivity index (χ1v) is 6.85. The Bertz CT molecular complexity index is 355. The summed E-state index contributed by atoms with van der Waals surface area (Å²) in [6.07, 6.45) is 3.23. The van der Waals surface area contributed by atoms with E-state index in [2.05, 4.69) is 6.92 Å². The van der Waals surface area contributed by atoms with Crippen molar-refractivity contribution in [3.8, 4) is 0 Å². The molecule has 0 heterocycles. The van der Waals surface area contributed by atoms with Crippen LogP contribution in [-0.4, -0.2) is 5.38 Å². The molecule has 0 nitrogen and oxygen atoms in total. The number of rotatable bonds is 2. The quantitative estimate of drug-likeness (QED) is 0.653. The molecule has 0 aromatic heterocycles. The van der Waals surface area contributed by atoms with Crippen LogP contribution >= 0.6 is 34.8 Å². The van der Waals surface area contributed by atoms with Crippen molar-refractivity contribution in [2.75, 3.05) is 0 Å². The third-order valence-electron chi connectivity index (χ3n) is 3.66. The first-order valence-electron chi connectivity index (χ1n) is 5.66. The lowest BCUT2D eigenvalue weighted by atomic mass is 9.91. The van der Waals surface area contributed by atoms with Gasteiger partial charge >= 0.3 is 0 Å². The summed E-state index contributed by atoms with van der Waals surface area (Å²) in [6.45, 7) is 2.22. The smallest absolute Gasteiger partial charge is 0.0452 e. The fourth-order valence-corrected chi connectivity index (χ4v) is 3.36. The van der Waals surface area contributed by atoms with Crippen LogP contribution in [0.3, 0.4) is 0 Å². The van der Waals surface area contributed by atoms with Crippen LogP contribution in [0.15, 0.2) is 18.2 Å². The van der Waals surface area contributed by atoms with Crippen LogP contribution in [0, 0.1) is 11.8 Å². The lowest BCUT2D eigenvalue weighted by molar-refractivity contribution is 0.420. The molecule has 0 N–H and O–H groups in total. The fourth-order valence-electron chi connectivity index (χ4n) is 2.47. The minimum Gasteiger partial charge on any atom is -0.123 e. The minimum atomic E-state index is 0.311. The van der Waals surface area contributed by atoms with Gasteiger partial charge in [0, 0.05) is 15.4 Å². The highest BCUT2D eigenvalue weighted by atomic mass is 35.5. The van der Waals surface area contributed by atoms with E-state index in [-0.39, 0.29) is 0 Å². The van der Waals surface area contributed by atoms with E-state index in [1.165, 1.54) is 6.42 Å². The Labute approximate surface area is 112 Å². The zero-order valence-electron chi connectivity index (χ0n) is 9.22. The van der Waals surface area contributed by atoms with Gasteiger partial charge in [-0.2, -0.15) is 0 Å². The Morgan fingerprint density at radius 3 is 2.31 bits per heavy atom. The van der Waals surface area contributed by atoms with Gasteiger partial charge in [0.25, 0.3) is 0 Å². The molecule has 3 heteroatoms. The topological polar surface area (TPSA) is 0 Å². The Kier molecular flexibility index (Phi) is 4.05. The van der Waals surface area contributed by atoms with Crippen molar-refractivity contribution in [3.63, 3.8) is 0 Å². The molecule has 0 bridgehead atoms. The van der Waals surface area contributed by atoms with Crippen molar-refractivity contribution in [3.05, 3.63) is 33.8 Å². The monoisotopic (exact) mass is 276 g/mol. The van der Waals surface area contributed by atoms with Crippen LogP contribution in [0.2, 0.25) is 10.0 Å². The molecule has 1 fully saturated rings. The van der Waals surface area contributed by atoms with Gasteiger partial charge in [0.15, 0.2) is 0 Å². The van der Waals surface area contributed by atoms with E-state index in [4.69, 9.17) is 34.8 Å². The van der Waals surface area contributed by atoms with Crippen molar-refractivity contribution >= 4 is 34.8 Å². The summed E-state index contributed by atoms with van der Waals surface area (Å²) in [6, 6.07) is 5.69. The van der Waals surface area contributed by atoms with E-state index >= 15 is 0 Å². The summed E-state index contributed by atoms with van der Waals surface area (Å²) in [5, 5.41) is 1.86. The third-order valence-corrected chi connectivity index (χ3v) is 4.98. The van der Waals surface area contributed by atoms with E-state index in [1.807, 2.05) is 18.2 Å². The molecule has 3 unspecified atom stereocenters. The zero-order chi connectivity index (χ0) is 11.7. The highest BCUT2D eigenvalue weighted by molar-refractivity contribution is 6.36. The van der Waals surface area contributed by atoms with Gasteiger partial charge in [-0.25, -0.2) is 0 Å². The van der Waals surface area contributed by atoms with Crippen molar-refractivity contribution in [2.24, 2.45) is 11.8 Å². The SMILES string of the molecule is CC1C(Cl)CCC1Cc1c(Cl)cccc1Cl. The first kappa shape index (κ1) is 12.5. The number of alkyl halides is 1. The van der Waals surface area contributed by atoms with Gasteiger partial charge in [0.05, 0.1) is 0 Å². The molecule has 0 spiro atoms. The van der Waals surface area contributed by atoms with Gasteiger partial charge in [-0.05, 0) is 48.8 Å². The molecular formula is C13H15Cl3. The van der Waals surface area contributed by atoms with E-state index in [1.54, 1.807) is 0 Å². The Morgan fingerprint density at radius 1 is 1.19 bits per heavy atom. The predicted octanol–water partition coefficient (Wildman–Crippen LogP) is 5.19. The molecule has 16 heavy (non-hydrogen) atoms. The van der Waals surface area contributed by atoms with Crippen LogP contribution in [0.25, 0.3) is 0 Å². The number of hydrogen-bond donors (Lipinski definition) is 0. The summed E-state index contributed by atoms with van der Waals surface area (Å²) in [7, 11) is 0. The Balaban J connectivity index is 2.15. The van der Waals surface area contributed by atoms with E-state index in [0.717, 1.165) is 28.5 Å². The Morgan fingerprint density at radius 2 is 1.81 bits per heavy atom. The molecule has 0 aliphatic heterocycles. The summed E-state index contributed by atoms with van der Waals surface area (Å²) >= 11 is 18.6. The average Bonchev–Trinajstić information content (AvgIpc) is 2.55. The minimum absolute atomic E-state index is 0.311. The molecule has 1 aliphatic rings. The van der Waals surface area contributed by atoms with Crippen LogP contribution in [-0.2, 0) is 6.42 Å². The van der Waals surface area contributed by atoms with Crippen LogP contribution < -0.4 is 0 Å². The maximum Gasteiger partial charge on any atom is 0.0452 e. The maximum absolute atomic E-state index is 6.24. The summed E-state index contributed by atoms with van der Waals surface area (Å²) in [5.74, 6) is 1.16.